The van der Waals surface area contributed by atoms with Crippen LogP contribution in [0.4, 0.5) is 0 Å². The number of hydrogen-bond donors (Lipinski definition) is 0. The number of methoxy groups -OCH3 is 2. The fraction of sp³-hybridized carbons (Fsp3) is 0.458. The molecular weight excluding hydrogens is 458 g/mol. The first kappa shape index (κ1) is 20.6. The largest absolute Gasteiger partial charge is 0.497 e. The summed E-state index contributed by atoms with van der Waals surface area (Å²) in [5.74, 6) is 2.54. The molecular formula is C24H28BrN3O3. The van der Waals surface area contributed by atoms with Crippen LogP contribution in [0.15, 0.2) is 46.0 Å². The average molecular weight is 486 g/mol. The molecule has 0 bridgehead atoms. The quantitative estimate of drug-likeness (QED) is 0.620. The van der Waals surface area contributed by atoms with Gasteiger partial charge in [-0.05, 0) is 36.9 Å². The minimum Gasteiger partial charge on any atom is -0.497 e. The molecule has 0 unspecified atom stereocenters. The summed E-state index contributed by atoms with van der Waals surface area (Å²) in [6.07, 6.45) is 2.68. The average Bonchev–Trinajstić information content (AvgIpc) is 3.26. The second kappa shape index (κ2) is 8.02. The van der Waals surface area contributed by atoms with Crippen LogP contribution in [0.1, 0.15) is 43.4 Å². The molecule has 1 atom stereocenters. The van der Waals surface area contributed by atoms with Crippen molar-refractivity contribution in [3.8, 4) is 17.2 Å². The van der Waals surface area contributed by atoms with E-state index in [1.54, 1.807) is 14.2 Å². The molecule has 2 aromatic carbocycles. The molecule has 2 aromatic rings. The molecule has 0 radical (unpaired) electrons. The van der Waals surface area contributed by atoms with Gasteiger partial charge >= 0.3 is 0 Å². The lowest BCUT2D eigenvalue weighted by atomic mass is 9.90. The van der Waals surface area contributed by atoms with E-state index in [1.165, 1.54) is 5.56 Å². The third kappa shape index (κ3) is 3.48. The molecule has 3 aliphatic heterocycles. The zero-order valence-electron chi connectivity index (χ0n) is 18.2. The molecule has 0 aliphatic carbocycles. The van der Waals surface area contributed by atoms with Gasteiger partial charge in [0.1, 0.15) is 17.2 Å². The molecule has 5 rings (SSSR count). The molecule has 1 spiro atoms. The van der Waals surface area contributed by atoms with E-state index in [0.29, 0.717) is 0 Å². The second-order valence-electron chi connectivity index (χ2n) is 8.34. The zero-order valence-corrected chi connectivity index (χ0v) is 19.8. The van der Waals surface area contributed by atoms with Gasteiger partial charge in [-0.15, -0.1) is 0 Å². The van der Waals surface area contributed by atoms with Crippen LogP contribution in [-0.4, -0.2) is 55.2 Å². The standard InChI is InChI=1S/C24H28BrN3O3/c1-4-27-11-9-24(10-12-27)28-21(19-13-16(25)5-8-22(19)31-24)15-20(26-28)18-7-6-17(29-2)14-23(18)30-3/h5-8,13-14,21H,4,9-12,15H2,1-3H3/t21-/m0/s1. The van der Waals surface area contributed by atoms with Crippen LogP contribution in [0.5, 0.6) is 17.2 Å². The maximum absolute atomic E-state index is 6.72. The molecule has 1 fully saturated rings. The van der Waals surface area contributed by atoms with E-state index in [0.717, 1.165) is 71.9 Å². The number of ether oxygens (including phenoxy) is 3. The van der Waals surface area contributed by atoms with Gasteiger partial charge in [0.15, 0.2) is 0 Å². The number of halogens is 1. The van der Waals surface area contributed by atoms with Gasteiger partial charge < -0.3 is 19.1 Å². The predicted molar refractivity (Wildman–Crippen MR) is 124 cm³/mol. The first-order chi connectivity index (χ1) is 15.1. The highest BCUT2D eigenvalue weighted by atomic mass is 79.9. The van der Waals surface area contributed by atoms with Gasteiger partial charge in [-0.2, -0.15) is 5.10 Å². The number of piperidine rings is 1. The van der Waals surface area contributed by atoms with Crippen molar-refractivity contribution in [3.05, 3.63) is 52.0 Å². The molecule has 1 saturated heterocycles. The Morgan fingerprint density at radius 1 is 1.13 bits per heavy atom. The molecule has 3 heterocycles. The summed E-state index contributed by atoms with van der Waals surface area (Å²) in [4.78, 5) is 2.48. The van der Waals surface area contributed by atoms with Gasteiger partial charge in [-0.25, -0.2) is 5.01 Å². The van der Waals surface area contributed by atoms with Crippen molar-refractivity contribution >= 4 is 21.6 Å². The first-order valence-corrected chi connectivity index (χ1v) is 11.7. The number of rotatable bonds is 4. The molecule has 6 nitrogen and oxygen atoms in total. The van der Waals surface area contributed by atoms with E-state index >= 15 is 0 Å². The maximum atomic E-state index is 6.72. The Morgan fingerprint density at radius 3 is 2.65 bits per heavy atom. The van der Waals surface area contributed by atoms with Crippen molar-refractivity contribution in [2.75, 3.05) is 33.9 Å². The summed E-state index contributed by atoms with van der Waals surface area (Å²) in [5.41, 5.74) is 2.82. The van der Waals surface area contributed by atoms with E-state index in [1.807, 2.05) is 18.2 Å². The normalized spacial score (nSPS) is 21.9. The highest BCUT2D eigenvalue weighted by Crippen LogP contribution is 2.51. The Bertz CT molecular complexity index is 1020. The molecule has 3 aliphatic rings. The van der Waals surface area contributed by atoms with Gasteiger partial charge in [0.05, 0.1) is 26.0 Å². The number of fused-ring (bicyclic) bond motifs is 4. The molecule has 0 N–H and O–H groups in total. The van der Waals surface area contributed by atoms with Crippen molar-refractivity contribution < 1.29 is 14.2 Å². The lowest BCUT2D eigenvalue weighted by molar-refractivity contribution is -0.149. The van der Waals surface area contributed by atoms with Crippen LogP contribution in [0.25, 0.3) is 0 Å². The smallest absolute Gasteiger partial charge is 0.200 e. The number of hydrazone groups is 1. The van der Waals surface area contributed by atoms with E-state index in [4.69, 9.17) is 19.3 Å². The SMILES string of the molecule is CCN1CCC2(CC1)Oc1ccc(Br)cc1[C@@H]1CC(c3ccc(OC)cc3OC)=NN12. The highest BCUT2D eigenvalue weighted by Gasteiger charge is 2.51. The van der Waals surface area contributed by atoms with Crippen LogP contribution in [0.2, 0.25) is 0 Å². The Balaban J connectivity index is 1.57. The van der Waals surface area contributed by atoms with Gasteiger partial charge in [0.25, 0.3) is 0 Å². The Hall–Kier alpha value is -2.25. The third-order valence-electron chi connectivity index (χ3n) is 6.76. The van der Waals surface area contributed by atoms with E-state index in [-0.39, 0.29) is 6.04 Å². The van der Waals surface area contributed by atoms with Crippen molar-refractivity contribution in [2.24, 2.45) is 5.10 Å². The van der Waals surface area contributed by atoms with Gasteiger partial charge in [0.2, 0.25) is 5.72 Å². The lowest BCUT2D eigenvalue weighted by Gasteiger charge is -2.51. The monoisotopic (exact) mass is 485 g/mol. The fourth-order valence-corrected chi connectivity index (χ4v) is 5.38. The summed E-state index contributed by atoms with van der Waals surface area (Å²) in [5, 5.41) is 7.41. The molecule has 7 heteroatoms. The summed E-state index contributed by atoms with van der Waals surface area (Å²) >= 11 is 3.64. The topological polar surface area (TPSA) is 46.5 Å². The van der Waals surface area contributed by atoms with E-state index in [9.17, 15) is 0 Å². The van der Waals surface area contributed by atoms with Crippen LogP contribution >= 0.6 is 15.9 Å². The zero-order chi connectivity index (χ0) is 21.6. The van der Waals surface area contributed by atoms with Crippen LogP contribution < -0.4 is 14.2 Å². The highest BCUT2D eigenvalue weighted by molar-refractivity contribution is 9.10. The van der Waals surface area contributed by atoms with Crippen LogP contribution in [0.3, 0.4) is 0 Å². The van der Waals surface area contributed by atoms with Crippen molar-refractivity contribution in [3.63, 3.8) is 0 Å². The molecule has 0 aromatic heterocycles. The Kier molecular flexibility index (Phi) is 5.34. The first-order valence-electron chi connectivity index (χ1n) is 10.9. The Labute approximate surface area is 191 Å². The predicted octanol–water partition coefficient (Wildman–Crippen LogP) is 4.82. The van der Waals surface area contributed by atoms with Gasteiger partial charge in [-0.1, -0.05) is 22.9 Å². The third-order valence-corrected chi connectivity index (χ3v) is 7.26. The number of likely N-dealkylation sites (tertiary alicyclic amines) is 1. The summed E-state index contributed by atoms with van der Waals surface area (Å²) in [6, 6.07) is 12.4. The Morgan fingerprint density at radius 2 is 1.94 bits per heavy atom. The summed E-state index contributed by atoms with van der Waals surface area (Å²) in [7, 11) is 3.36. The number of hydrogen-bond acceptors (Lipinski definition) is 6. The minimum atomic E-state index is -0.404. The molecule has 0 saturated carbocycles. The van der Waals surface area contributed by atoms with Gasteiger partial charge in [-0.3, -0.25) is 0 Å². The molecule has 164 valence electrons. The fourth-order valence-electron chi connectivity index (χ4n) is 5.00. The van der Waals surface area contributed by atoms with E-state index < -0.39 is 5.72 Å². The lowest BCUT2D eigenvalue weighted by Crippen LogP contribution is -2.59. The maximum Gasteiger partial charge on any atom is 0.200 e. The van der Waals surface area contributed by atoms with Crippen LogP contribution in [-0.2, 0) is 0 Å². The summed E-state index contributed by atoms with van der Waals surface area (Å²) < 4.78 is 18.8. The van der Waals surface area contributed by atoms with Crippen molar-refractivity contribution in [2.45, 2.75) is 38.0 Å². The van der Waals surface area contributed by atoms with Gasteiger partial charge in [0, 0.05) is 54.0 Å². The molecule has 0 amide bonds. The number of nitrogens with zero attached hydrogens (tertiary/aromatic N) is 3. The van der Waals surface area contributed by atoms with Crippen molar-refractivity contribution in [1.29, 1.82) is 0 Å². The molecule has 31 heavy (non-hydrogen) atoms. The van der Waals surface area contributed by atoms with Crippen LogP contribution in [0, 0.1) is 0 Å². The van der Waals surface area contributed by atoms with Crippen molar-refractivity contribution in [1.82, 2.24) is 9.91 Å². The second-order valence-corrected chi connectivity index (χ2v) is 9.26. The van der Waals surface area contributed by atoms with E-state index in [2.05, 4.69) is 51.0 Å². The summed E-state index contributed by atoms with van der Waals surface area (Å²) in [6.45, 7) is 5.32. The minimum absolute atomic E-state index is 0.149. The number of benzene rings is 2.